The molecule has 3 nitrogen and oxygen atoms in total. The number of amides is 1. The number of carbonyl (C=O) groups is 1. The minimum absolute atomic E-state index is 0.0609. The Morgan fingerprint density at radius 2 is 2.19 bits per heavy atom. The number of pyridine rings is 1. The van der Waals surface area contributed by atoms with E-state index in [1.165, 1.54) is 0 Å². The molecule has 82 valence electrons. The summed E-state index contributed by atoms with van der Waals surface area (Å²) in [6, 6.07) is 9.76. The topological polar surface area (TPSA) is 33.2 Å². The fraction of sp³-hybridized carbons (Fsp3) is 0.231. The number of benzene rings is 1. The smallest absolute Gasteiger partial charge is 0.223 e. The van der Waals surface area contributed by atoms with Crippen molar-refractivity contribution in [3.05, 3.63) is 36.5 Å². The highest BCUT2D eigenvalue weighted by Gasteiger charge is 2.08. The van der Waals surface area contributed by atoms with Crippen LogP contribution in [0.2, 0.25) is 0 Å². The van der Waals surface area contributed by atoms with Gasteiger partial charge in [0.05, 0.1) is 5.52 Å². The van der Waals surface area contributed by atoms with Crippen molar-refractivity contribution in [2.75, 3.05) is 11.4 Å². The zero-order valence-electron chi connectivity index (χ0n) is 9.47. The van der Waals surface area contributed by atoms with Crippen LogP contribution in [0.4, 0.5) is 5.69 Å². The second kappa shape index (κ2) is 4.31. The van der Waals surface area contributed by atoms with Crippen molar-refractivity contribution < 1.29 is 4.79 Å². The van der Waals surface area contributed by atoms with E-state index in [9.17, 15) is 4.79 Å². The minimum Gasteiger partial charge on any atom is -0.313 e. The Bertz CT molecular complexity index is 522. The Kier molecular flexibility index (Phi) is 2.86. The van der Waals surface area contributed by atoms with Crippen LogP contribution in [0.5, 0.6) is 0 Å². The Morgan fingerprint density at radius 3 is 2.88 bits per heavy atom. The zero-order valence-corrected chi connectivity index (χ0v) is 9.47. The third kappa shape index (κ3) is 1.89. The Morgan fingerprint density at radius 1 is 1.38 bits per heavy atom. The molecule has 0 N–H and O–H groups in total. The molecule has 1 aromatic carbocycles. The highest BCUT2D eigenvalue weighted by Crippen LogP contribution is 2.20. The molecule has 0 spiro atoms. The first kappa shape index (κ1) is 10.6. The second-order valence-corrected chi connectivity index (χ2v) is 3.64. The van der Waals surface area contributed by atoms with Crippen LogP contribution >= 0.6 is 0 Å². The van der Waals surface area contributed by atoms with Crippen molar-refractivity contribution >= 4 is 22.5 Å². The Labute approximate surface area is 94.7 Å². The first-order chi connectivity index (χ1) is 7.72. The van der Waals surface area contributed by atoms with Gasteiger partial charge in [-0.05, 0) is 31.2 Å². The zero-order chi connectivity index (χ0) is 11.5. The van der Waals surface area contributed by atoms with Crippen LogP contribution in [0.25, 0.3) is 10.9 Å². The van der Waals surface area contributed by atoms with Crippen LogP contribution in [-0.2, 0) is 4.79 Å². The van der Waals surface area contributed by atoms with Gasteiger partial charge < -0.3 is 4.90 Å². The maximum atomic E-state index is 11.4. The molecule has 0 saturated heterocycles. The van der Waals surface area contributed by atoms with E-state index in [4.69, 9.17) is 0 Å². The summed E-state index contributed by atoms with van der Waals surface area (Å²) in [4.78, 5) is 17.4. The molecule has 2 rings (SSSR count). The quantitative estimate of drug-likeness (QED) is 0.769. The van der Waals surface area contributed by atoms with E-state index in [1.54, 1.807) is 18.0 Å². The van der Waals surface area contributed by atoms with Gasteiger partial charge in [0, 0.05) is 30.7 Å². The van der Waals surface area contributed by atoms with Crippen molar-refractivity contribution in [2.24, 2.45) is 0 Å². The molecule has 2 aromatic rings. The maximum absolute atomic E-state index is 11.4. The van der Waals surface area contributed by atoms with Gasteiger partial charge in [0.1, 0.15) is 0 Å². The average Bonchev–Trinajstić information content (AvgIpc) is 2.29. The van der Waals surface area contributed by atoms with Crippen LogP contribution in [0, 0.1) is 0 Å². The minimum atomic E-state index is 0.0609. The van der Waals surface area contributed by atoms with E-state index in [0.29, 0.717) is 6.54 Å². The number of rotatable bonds is 2. The summed E-state index contributed by atoms with van der Waals surface area (Å²) in [5, 5.41) is 1.06. The number of aromatic nitrogens is 1. The number of anilines is 1. The summed E-state index contributed by atoms with van der Waals surface area (Å²) in [5.74, 6) is 0.0609. The Balaban J connectivity index is 2.49. The number of carbonyl (C=O) groups excluding carboxylic acids is 1. The van der Waals surface area contributed by atoms with Gasteiger partial charge in [0.15, 0.2) is 0 Å². The maximum Gasteiger partial charge on any atom is 0.223 e. The summed E-state index contributed by atoms with van der Waals surface area (Å²) in [7, 11) is 0. The standard InChI is InChI=1S/C13H14N2O/c1-3-15(10(2)16)12-6-7-13-11(9-12)5-4-8-14-13/h4-9H,3H2,1-2H3. The van der Waals surface area contributed by atoms with E-state index in [-0.39, 0.29) is 5.91 Å². The van der Waals surface area contributed by atoms with Gasteiger partial charge in [-0.3, -0.25) is 9.78 Å². The monoisotopic (exact) mass is 214 g/mol. The van der Waals surface area contributed by atoms with E-state index >= 15 is 0 Å². The number of hydrogen-bond acceptors (Lipinski definition) is 2. The lowest BCUT2D eigenvalue weighted by Crippen LogP contribution is -2.27. The molecule has 16 heavy (non-hydrogen) atoms. The van der Waals surface area contributed by atoms with Crippen molar-refractivity contribution in [2.45, 2.75) is 13.8 Å². The molecular weight excluding hydrogens is 200 g/mol. The molecule has 0 fully saturated rings. The molecule has 0 radical (unpaired) electrons. The van der Waals surface area contributed by atoms with E-state index < -0.39 is 0 Å². The van der Waals surface area contributed by atoms with Gasteiger partial charge in [-0.15, -0.1) is 0 Å². The van der Waals surface area contributed by atoms with Crippen LogP contribution in [-0.4, -0.2) is 17.4 Å². The summed E-state index contributed by atoms with van der Waals surface area (Å²) >= 11 is 0. The normalized spacial score (nSPS) is 10.4. The Hall–Kier alpha value is -1.90. The van der Waals surface area contributed by atoms with Crippen molar-refractivity contribution in [3.63, 3.8) is 0 Å². The average molecular weight is 214 g/mol. The number of hydrogen-bond donors (Lipinski definition) is 0. The molecule has 0 bridgehead atoms. The summed E-state index contributed by atoms with van der Waals surface area (Å²) < 4.78 is 0. The third-order valence-electron chi connectivity index (χ3n) is 2.59. The number of nitrogens with zero attached hydrogens (tertiary/aromatic N) is 2. The molecule has 0 atom stereocenters. The molecule has 0 aliphatic carbocycles. The largest absolute Gasteiger partial charge is 0.313 e. The van der Waals surface area contributed by atoms with Crippen molar-refractivity contribution in [1.29, 1.82) is 0 Å². The molecule has 0 saturated carbocycles. The van der Waals surface area contributed by atoms with Crippen LogP contribution in [0.15, 0.2) is 36.5 Å². The predicted molar refractivity (Wildman–Crippen MR) is 65.4 cm³/mol. The summed E-state index contributed by atoms with van der Waals surface area (Å²) in [6.07, 6.45) is 1.77. The van der Waals surface area contributed by atoms with Gasteiger partial charge in [0.25, 0.3) is 0 Å². The summed E-state index contributed by atoms with van der Waals surface area (Å²) in [5.41, 5.74) is 1.88. The van der Waals surface area contributed by atoms with Gasteiger partial charge in [-0.25, -0.2) is 0 Å². The van der Waals surface area contributed by atoms with E-state index in [1.807, 2.05) is 37.3 Å². The number of fused-ring (bicyclic) bond motifs is 1. The first-order valence-corrected chi connectivity index (χ1v) is 5.35. The third-order valence-corrected chi connectivity index (χ3v) is 2.59. The molecule has 3 heteroatoms. The predicted octanol–water partition coefficient (Wildman–Crippen LogP) is 2.61. The fourth-order valence-corrected chi connectivity index (χ4v) is 1.82. The molecule has 0 unspecified atom stereocenters. The molecule has 1 heterocycles. The lowest BCUT2D eigenvalue weighted by molar-refractivity contribution is -0.116. The van der Waals surface area contributed by atoms with Gasteiger partial charge in [-0.1, -0.05) is 6.07 Å². The van der Waals surface area contributed by atoms with Gasteiger partial charge in [-0.2, -0.15) is 0 Å². The van der Waals surface area contributed by atoms with Crippen LogP contribution in [0.3, 0.4) is 0 Å². The molecule has 1 aromatic heterocycles. The van der Waals surface area contributed by atoms with Gasteiger partial charge in [0.2, 0.25) is 5.91 Å². The van der Waals surface area contributed by atoms with Crippen LogP contribution in [0.1, 0.15) is 13.8 Å². The van der Waals surface area contributed by atoms with Crippen LogP contribution < -0.4 is 4.90 Å². The lowest BCUT2D eigenvalue weighted by atomic mass is 10.2. The molecule has 0 aliphatic heterocycles. The van der Waals surface area contributed by atoms with E-state index in [0.717, 1.165) is 16.6 Å². The summed E-state index contributed by atoms with van der Waals surface area (Å²) in [6.45, 7) is 4.23. The lowest BCUT2D eigenvalue weighted by Gasteiger charge is -2.19. The molecule has 1 amide bonds. The highest BCUT2D eigenvalue weighted by molar-refractivity contribution is 5.94. The second-order valence-electron chi connectivity index (χ2n) is 3.64. The van der Waals surface area contributed by atoms with Crippen molar-refractivity contribution in [3.8, 4) is 0 Å². The van der Waals surface area contributed by atoms with Gasteiger partial charge >= 0.3 is 0 Å². The van der Waals surface area contributed by atoms with E-state index in [2.05, 4.69) is 4.98 Å². The fourth-order valence-electron chi connectivity index (χ4n) is 1.82. The van der Waals surface area contributed by atoms with Crippen molar-refractivity contribution in [1.82, 2.24) is 4.98 Å². The first-order valence-electron chi connectivity index (χ1n) is 5.35. The highest BCUT2D eigenvalue weighted by atomic mass is 16.2. The SMILES string of the molecule is CCN(C(C)=O)c1ccc2ncccc2c1. The molecule has 0 aliphatic rings. The molecular formula is C13H14N2O.